The number of β-lactam (4-membered cyclic amide) rings is 1. The zero-order valence-corrected chi connectivity index (χ0v) is 15.5. The Hall–Kier alpha value is -2.72. The molecule has 3 N–H and O–H groups in total. The average molecular weight is 390 g/mol. The molecule has 0 aliphatic carbocycles. The fourth-order valence-corrected chi connectivity index (χ4v) is 5.10. The number of fused-ring (bicyclic) bond motifs is 2. The van der Waals surface area contributed by atoms with E-state index in [1.807, 2.05) is 6.92 Å². The van der Waals surface area contributed by atoms with Crippen molar-refractivity contribution in [3.05, 3.63) is 34.9 Å². The molecule has 0 spiro atoms. The number of aliphatic hydroxyl groups excluding tert-OH is 1. The lowest BCUT2D eigenvalue weighted by Gasteiger charge is -2.47. The average Bonchev–Trinajstić information content (AvgIpc) is 3.19. The monoisotopic (exact) mass is 390 g/mol. The van der Waals surface area contributed by atoms with Gasteiger partial charge in [-0.15, -0.1) is 0 Å². The normalized spacial score (nSPS) is 25.7. The molecule has 2 aliphatic rings. The first-order chi connectivity index (χ1) is 12.7. The number of carbonyl (C=O) groups is 3. The van der Waals surface area contributed by atoms with Gasteiger partial charge in [0.15, 0.2) is 0 Å². The molecule has 4 heterocycles. The van der Waals surface area contributed by atoms with Gasteiger partial charge in [-0.2, -0.15) is 4.40 Å². The van der Waals surface area contributed by atoms with E-state index in [1.165, 1.54) is 23.2 Å². The molecule has 1 fully saturated rings. The quantitative estimate of drug-likeness (QED) is 0.461. The number of primary amides is 1. The number of imidazole rings is 1. The maximum Gasteiger partial charge on any atom is 0.289 e. The van der Waals surface area contributed by atoms with Crippen LogP contribution in [0.1, 0.15) is 24.3 Å². The third kappa shape index (κ3) is 2.40. The van der Waals surface area contributed by atoms with E-state index in [9.17, 15) is 24.6 Å². The summed E-state index contributed by atoms with van der Waals surface area (Å²) in [5, 5.41) is 23.3. The molecule has 4 rings (SSSR count). The van der Waals surface area contributed by atoms with Crippen LogP contribution in [0.25, 0.3) is 4.83 Å². The number of aliphatic carboxylic acids is 1. The Balaban J connectivity index is 1.71. The number of nitrogens with two attached hydrogens (primary N) is 1. The van der Waals surface area contributed by atoms with Crippen molar-refractivity contribution < 1.29 is 29.0 Å². The molecule has 4 atom stereocenters. The molecule has 2 aliphatic heterocycles. The number of thiazole rings is 1. The van der Waals surface area contributed by atoms with E-state index in [4.69, 9.17) is 5.73 Å². The zero-order chi connectivity index (χ0) is 19.6. The number of carboxylic acid groups (broad SMARTS) is 1. The molecule has 1 saturated heterocycles. The second-order valence-corrected chi connectivity index (χ2v) is 7.92. The maximum atomic E-state index is 12.3. The van der Waals surface area contributed by atoms with Crippen LogP contribution >= 0.6 is 11.3 Å². The summed E-state index contributed by atoms with van der Waals surface area (Å²) in [5.41, 5.74) is 6.14. The molecule has 0 unspecified atom stereocenters. The topological polar surface area (TPSA) is 133 Å². The second-order valence-electron chi connectivity index (χ2n) is 7.03. The van der Waals surface area contributed by atoms with E-state index in [-0.39, 0.29) is 24.2 Å². The molecule has 142 valence electrons. The van der Waals surface area contributed by atoms with Gasteiger partial charge in [0.2, 0.25) is 16.4 Å². The van der Waals surface area contributed by atoms with Crippen molar-refractivity contribution in [2.45, 2.75) is 32.5 Å². The number of nitrogens with zero attached hydrogens (tertiary/aromatic N) is 3. The van der Waals surface area contributed by atoms with Crippen molar-refractivity contribution >= 4 is 34.0 Å². The van der Waals surface area contributed by atoms with Crippen LogP contribution in [0.4, 0.5) is 0 Å². The molecule has 10 heteroatoms. The van der Waals surface area contributed by atoms with Crippen molar-refractivity contribution in [1.82, 2.24) is 9.47 Å². The number of aliphatic hydroxyl groups is 1. The van der Waals surface area contributed by atoms with Gasteiger partial charge >= 0.3 is 0 Å². The van der Waals surface area contributed by atoms with Gasteiger partial charge < -0.3 is 25.6 Å². The molecule has 2 amide bonds. The number of hydrogen-bond donors (Lipinski definition) is 2. The summed E-state index contributed by atoms with van der Waals surface area (Å²) >= 11 is 1.35. The van der Waals surface area contributed by atoms with Gasteiger partial charge in [0.25, 0.3) is 12.2 Å². The fourth-order valence-electron chi connectivity index (χ4n) is 4.19. The first kappa shape index (κ1) is 17.7. The van der Waals surface area contributed by atoms with Crippen LogP contribution in [0.15, 0.2) is 29.2 Å². The van der Waals surface area contributed by atoms with Gasteiger partial charge in [0.1, 0.15) is 12.7 Å². The lowest BCUT2D eigenvalue weighted by atomic mass is 9.78. The first-order valence-corrected chi connectivity index (χ1v) is 9.34. The van der Waals surface area contributed by atoms with Crippen LogP contribution in [0.2, 0.25) is 0 Å². The van der Waals surface area contributed by atoms with Crippen LogP contribution in [-0.2, 0) is 16.1 Å². The number of amides is 2. The van der Waals surface area contributed by atoms with Gasteiger partial charge in [-0.1, -0.05) is 18.3 Å². The van der Waals surface area contributed by atoms with Gasteiger partial charge in [-0.05, 0) is 6.92 Å². The largest absolute Gasteiger partial charge is 0.543 e. The first-order valence-electron chi connectivity index (χ1n) is 8.46. The van der Waals surface area contributed by atoms with E-state index in [0.717, 1.165) is 4.83 Å². The van der Waals surface area contributed by atoms with Crippen molar-refractivity contribution in [2.24, 2.45) is 17.6 Å². The van der Waals surface area contributed by atoms with E-state index in [2.05, 4.69) is 0 Å². The van der Waals surface area contributed by atoms with E-state index >= 15 is 0 Å². The highest BCUT2D eigenvalue weighted by atomic mass is 32.1. The van der Waals surface area contributed by atoms with E-state index < -0.39 is 29.8 Å². The van der Waals surface area contributed by atoms with Crippen molar-refractivity contribution in [1.29, 1.82) is 0 Å². The minimum absolute atomic E-state index is 0.119. The molecule has 0 radical (unpaired) electrons. The second kappa shape index (κ2) is 5.89. The third-order valence-corrected chi connectivity index (χ3v) is 6.33. The number of carboxylic acids is 1. The third-order valence-electron chi connectivity index (χ3n) is 5.44. The Morgan fingerprint density at radius 1 is 1.48 bits per heavy atom. The van der Waals surface area contributed by atoms with E-state index in [1.54, 1.807) is 26.9 Å². The predicted molar refractivity (Wildman–Crippen MR) is 91.0 cm³/mol. The molecule has 2 aromatic heterocycles. The smallest absolute Gasteiger partial charge is 0.289 e. The number of hydrogen-bond acceptors (Lipinski definition) is 6. The molecular weight excluding hydrogens is 372 g/mol. The highest BCUT2D eigenvalue weighted by Crippen LogP contribution is 2.47. The Morgan fingerprint density at radius 2 is 2.19 bits per heavy atom. The Kier molecular flexibility index (Phi) is 3.86. The molecule has 27 heavy (non-hydrogen) atoms. The lowest BCUT2D eigenvalue weighted by Crippen LogP contribution is -2.64. The molecule has 9 nitrogen and oxygen atoms in total. The highest BCUT2D eigenvalue weighted by molar-refractivity contribution is 7.15. The lowest BCUT2D eigenvalue weighted by molar-refractivity contribution is -0.510. The molecule has 0 saturated carbocycles. The van der Waals surface area contributed by atoms with Crippen molar-refractivity contribution in [3.8, 4) is 0 Å². The van der Waals surface area contributed by atoms with Gasteiger partial charge in [-0.25, -0.2) is 4.57 Å². The van der Waals surface area contributed by atoms with Gasteiger partial charge in [0, 0.05) is 16.9 Å². The standard InChI is InChI=1S/C17H18N4O5S/c1-7-9(3-19-4-11-20(6-19)10(5-27-11)15(18)23)14(17(25)26)21-13(7)12(8(2)22)16(21)24/h4-8,12-13,22H,3H2,1-2H3,(H2-,18,23,25,26)/t7-,8+,12+,13+/m0/s1. The predicted octanol–water partition coefficient (Wildman–Crippen LogP) is -1.75. The summed E-state index contributed by atoms with van der Waals surface area (Å²) < 4.78 is 3.39. The van der Waals surface area contributed by atoms with Crippen molar-refractivity contribution in [3.63, 3.8) is 0 Å². The summed E-state index contributed by atoms with van der Waals surface area (Å²) in [6.07, 6.45) is 2.60. The molecule has 0 aromatic carbocycles. The summed E-state index contributed by atoms with van der Waals surface area (Å²) in [7, 11) is 0. The summed E-state index contributed by atoms with van der Waals surface area (Å²) in [6, 6.07) is -0.383. The van der Waals surface area contributed by atoms with Crippen LogP contribution in [0, 0.1) is 11.8 Å². The molecule has 2 aromatic rings. The number of carbonyl (C=O) groups excluding carboxylic acids is 3. The zero-order valence-electron chi connectivity index (χ0n) is 14.7. The van der Waals surface area contributed by atoms with Crippen LogP contribution in [0.3, 0.4) is 0 Å². The minimum atomic E-state index is -1.41. The summed E-state index contributed by atoms with van der Waals surface area (Å²) in [4.78, 5) is 37.6. The van der Waals surface area contributed by atoms with E-state index in [0.29, 0.717) is 11.3 Å². The SMILES string of the molecule is C[C@@H](O)[C@H]1C(=O)N2C(C(=O)[O-])=C(Cn3cc4scc(C(N)=O)[n+]4c3)[C@H](C)[C@H]12. The summed E-state index contributed by atoms with van der Waals surface area (Å²) in [6.45, 7) is 3.60. The van der Waals surface area contributed by atoms with Crippen LogP contribution in [-0.4, -0.2) is 44.5 Å². The van der Waals surface area contributed by atoms with Crippen LogP contribution < -0.4 is 15.2 Å². The number of aromatic nitrogens is 2. The summed E-state index contributed by atoms with van der Waals surface area (Å²) in [5.74, 6) is -3.21. The number of rotatable bonds is 5. The Bertz CT molecular complexity index is 1020. The highest BCUT2D eigenvalue weighted by Gasteiger charge is 2.58. The van der Waals surface area contributed by atoms with Gasteiger partial charge in [0.05, 0.1) is 29.7 Å². The fraction of sp³-hybridized carbons (Fsp3) is 0.412. The Labute approximate surface area is 157 Å². The Morgan fingerprint density at radius 3 is 2.78 bits per heavy atom. The molecule has 0 bridgehead atoms. The van der Waals surface area contributed by atoms with Gasteiger partial charge in [-0.3, -0.25) is 9.59 Å². The maximum absolute atomic E-state index is 12.3. The van der Waals surface area contributed by atoms with Crippen molar-refractivity contribution in [2.75, 3.05) is 0 Å². The van der Waals surface area contributed by atoms with Crippen LogP contribution in [0.5, 0.6) is 0 Å². The minimum Gasteiger partial charge on any atom is -0.543 e. The molecular formula is C17H18N4O5S.